The van der Waals surface area contributed by atoms with Gasteiger partial charge in [-0.1, -0.05) is 12.1 Å². The largest absolute Gasteiger partial charge is 0.344 e. The number of aromatic amines is 1. The van der Waals surface area contributed by atoms with Crippen molar-refractivity contribution in [3.05, 3.63) is 72.3 Å². The lowest BCUT2D eigenvalue weighted by Gasteiger charge is -2.02. The predicted octanol–water partition coefficient (Wildman–Crippen LogP) is 3.72. The highest BCUT2D eigenvalue weighted by molar-refractivity contribution is 5.91. The number of nitrogens with one attached hydrogen (secondary N) is 1. The van der Waals surface area contributed by atoms with Gasteiger partial charge < -0.3 is 4.98 Å². The third-order valence-corrected chi connectivity index (χ3v) is 4.85. The zero-order valence-electron chi connectivity index (χ0n) is 16.0. The molecule has 4 aromatic heterocycles. The van der Waals surface area contributed by atoms with Crippen molar-refractivity contribution in [2.45, 2.75) is 13.5 Å². The lowest BCUT2D eigenvalue weighted by molar-refractivity contribution is 0.619. The Morgan fingerprint density at radius 2 is 2.03 bits per heavy atom. The highest BCUT2D eigenvalue weighted by Crippen LogP contribution is 2.29. The van der Waals surface area contributed by atoms with Gasteiger partial charge in [-0.25, -0.2) is 14.4 Å². The van der Waals surface area contributed by atoms with Crippen LogP contribution in [0.1, 0.15) is 11.3 Å². The number of halogens is 1. The van der Waals surface area contributed by atoms with Crippen LogP contribution in [0.15, 0.2) is 55.2 Å². The second-order valence-corrected chi connectivity index (χ2v) is 7.01. The zero-order chi connectivity index (χ0) is 20.0. The van der Waals surface area contributed by atoms with Crippen molar-refractivity contribution >= 4 is 11.2 Å². The molecule has 4 heterocycles. The van der Waals surface area contributed by atoms with Crippen LogP contribution >= 0.6 is 0 Å². The molecule has 1 N–H and O–H groups in total. The summed E-state index contributed by atoms with van der Waals surface area (Å²) in [4.78, 5) is 12.5. The van der Waals surface area contributed by atoms with Crippen LogP contribution in [-0.2, 0) is 13.6 Å². The summed E-state index contributed by atoms with van der Waals surface area (Å²) in [7, 11) is 1.89. The van der Waals surface area contributed by atoms with Gasteiger partial charge in [0.1, 0.15) is 11.3 Å². The molecule has 144 valence electrons. The monoisotopic (exact) mass is 387 g/mol. The van der Waals surface area contributed by atoms with Gasteiger partial charge in [0, 0.05) is 42.3 Å². The molecule has 0 bridgehead atoms. The Hall–Kier alpha value is -3.81. The van der Waals surface area contributed by atoms with Gasteiger partial charge in [-0.2, -0.15) is 10.2 Å². The van der Waals surface area contributed by atoms with Gasteiger partial charge in [0.25, 0.3) is 0 Å². The quantitative estimate of drug-likeness (QED) is 0.510. The molecule has 0 saturated carbocycles. The highest BCUT2D eigenvalue weighted by Gasteiger charge is 2.14. The summed E-state index contributed by atoms with van der Waals surface area (Å²) < 4.78 is 17.0. The van der Waals surface area contributed by atoms with Crippen LogP contribution in [0.2, 0.25) is 0 Å². The van der Waals surface area contributed by atoms with Gasteiger partial charge in [0.2, 0.25) is 0 Å². The minimum Gasteiger partial charge on any atom is -0.344 e. The van der Waals surface area contributed by atoms with Gasteiger partial charge in [-0.15, -0.1) is 0 Å². The van der Waals surface area contributed by atoms with Crippen molar-refractivity contribution < 1.29 is 4.39 Å². The summed E-state index contributed by atoms with van der Waals surface area (Å²) in [6, 6.07) is 6.53. The Bertz CT molecular complexity index is 1330. The van der Waals surface area contributed by atoms with Crippen molar-refractivity contribution in [3.8, 4) is 22.4 Å². The Labute approximate surface area is 165 Å². The van der Waals surface area contributed by atoms with Crippen LogP contribution in [-0.4, -0.2) is 34.5 Å². The zero-order valence-corrected chi connectivity index (χ0v) is 16.0. The maximum Gasteiger partial charge on any atom is 0.156 e. The normalized spacial score (nSPS) is 11.4. The standard InChI is InChI=1S/C21H18FN7/c1-13-18(12-28(2)27-13)19-9-24-21-20(26-19)17(8-23-21)15-7-25-29(11-15)10-14-4-3-5-16(22)6-14/h3-9,11-12H,10H2,1-2H3,(H,23,24). The molecule has 0 unspecified atom stereocenters. The summed E-state index contributed by atoms with van der Waals surface area (Å²) in [5.74, 6) is -0.250. The number of hydrogen-bond acceptors (Lipinski definition) is 4. The number of aromatic nitrogens is 7. The van der Waals surface area contributed by atoms with E-state index in [2.05, 4.69) is 20.2 Å². The van der Waals surface area contributed by atoms with Crippen molar-refractivity contribution in [3.63, 3.8) is 0 Å². The smallest absolute Gasteiger partial charge is 0.156 e. The molecule has 1 aromatic carbocycles. The number of fused-ring (bicyclic) bond motifs is 1. The van der Waals surface area contributed by atoms with Gasteiger partial charge >= 0.3 is 0 Å². The van der Waals surface area contributed by atoms with Crippen LogP contribution in [0.4, 0.5) is 4.39 Å². The first-order valence-corrected chi connectivity index (χ1v) is 9.19. The van der Waals surface area contributed by atoms with E-state index in [9.17, 15) is 4.39 Å². The Kier molecular flexibility index (Phi) is 3.97. The second kappa shape index (κ2) is 6.66. The van der Waals surface area contributed by atoms with Crippen molar-refractivity contribution in [2.75, 3.05) is 0 Å². The van der Waals surface area contributed by atoms with E-state index in [1.807, 2.05) is 38.6 Å². The lowest BCUT2D eigenvalue weighted by Crippen LogP contribution is -1.99. The molecule has 0 aliphatic heterocycles. The van der Waals surface area contributed by atoms with Crippen LogP contribution in [0.25, 0.3) is 33.5 Å². The minimum atomic E-state index is -0.250. The van der Waals surface area contributed by atoms with Gasteiger partial charge in [-0.05, 0) is 24.6 Å². The Morgan fingerprint density at radius 3 is 2.83 bits per heavy atom. The first-order valence-electron chi connectivity index (χ1n) is 9.19. The number of H-pyrrole nitrogens is 1. The summed E-state index contributed by atoms with van der Waals surface area (Å²) in [5, 5.41) is 8.81. The molecule has 0 saturated heterocycles. The number of benzene rings is 1. The summed E-state index contributed by atoms with van der Waals surface area (Å²) >= 11 is 0. The molecule has 0 radical (unpaired) electrons. The third-order valence-electron chi connectivity index (χ3n) is 4.85. The average molecular weight is 387 g/mol. The van der Waals surface area contributed by atoms with E-state index < -0.39 is 0 Å². The fraction of sp³-hybridized carbons (Fsp3) is 0.143. The van der Waals surface area contributed by atoms with Crippen molar-refractivity contribution in [1.29, 1.82) is 0 Å². The van der Waals surface area contributed by atoms with E-state index in [0.29, 0.717) is 12.2 Å². The van der Waals surface area contributed by atoms with E-state index >= 15 is 0 Å². The van der Waals surface area contributed by atoms with E-state index in [1.54, 1.807) is 27.8 Å². The Balaban J connectivity index is 1.51. The molecule has 0 aliphatic rings. The van der Waals surface area contributed by atoms with Crippen LogP contribution < -0.4 is 0 Å². The summed E-state index contributed by atoms with van der Waals surface area (Å²) in [5.41, 5.74) is 6.81. The first kappa shape index (κ1) is 17.3. The van der Waals surface area contributed by atoms with Crippen molar-refractivity contribution in [2.24, 2.45) is 7.05 Å². The number of hydrogen-bond donors (Lipinski definition) is 1. The molecule has 29 heavy (non-hydrogen) atoms. The van der Waals surface area contributed by atoms with E-state index in [-0.39, 0.29) is 5.82 Å². The molecule has 8 heteroatoms. The average Bonchev–Trinajstić information content (AvgIpc) is 3.39. The third kappa shape index (κ3) is 3.18. The maximum absolute atomic E-state index is 13.4. The molecular weight excluding hydrogens is 369 g/mol. The van der Waals surface area contributed by atoms with E-state index in [0.717, 1.165) is 39.2 Å². The molecule has 5 aromatic rings. The predicted molar refractivity (Wildman–Crippen MR) is 108 cm³/mol. The molecular formula is C21H18FN7. The fourth-order valence-corrected chi connectivity index (χ4v) is 3.50. The minimum absolute atomic E-state index is 0.250. The number of nitrogens with zero attached hydrogens (tertiary/aromatic N) is 6. The topological polar surface area (TPSA) is 77.2 Å². The second-order valence-electron chi connectivity index (χ2n) is 7.01. The number of aryl methyl sites for hydroxylation is 2. The summed E-state index contributed by atoms with van der Waals surface area (Å²) in [6.07, 6.45) is 9.28. The van der Waals surface area contributed by atoms with E-state index in [1.165, 1.54) is 12.1 Å². The van der Waals surface area contributed by atoms with Crippen LogP contribution in [0, 0.1) is 12.7 Å². The van der Waals surface area contributed by atoms with E-state index in [4.69, 9.17) is 4.98 Å². The molecule has 5 rings (SSSR count). The molecule has 0 aliphatic carbocycles. The molecule has 0 atom stereocenters. The van der Waals surface area contributed by atoms with Crippen molar-refractivity contribution in [1.82, 2.24) is 34.5 Å². The molecule has 0 spiro atoms. The maximum atomic E-state index is 13.4. The van der Waals surface area contributed by atoms with Gasteiger partial charge in [-0.3, -0.25) is 9.36 Å². The van der Waals surface area contributed by atoms with Gasteiger partial charge in [0.15, 0.2) is 5.65 Å². The highest BCUT2D eigenvalue weighted by atomic mass is 19.1. The lowest BCUT2D eigenvalue weighted by atomic mass is 10.1. The first-order chi connectivity index (χ1) is 14.1. The van der Waals surface area contributed by atoms with Gasteiger partial charge in [0.05, 0.1) is 30.3 Å². The van der Waals surface area contributed by atoms with Crippen LogP contribution in [0.5, 0.6) is 0 Å². The molecule has 7 nitrogen and oxygen atoms in total. The molecule has 0 amide bonds. The SMILES string of the molecule is Cc1nn(C)cc1-c1cnc2[nH]cc(-c3cnn(Cc4cccc(F)c4)c3)c2n1. The Morgan fingerprint density at radius 1 is 1.14 bits per heavy atom. The van der Waals surface area contributed by atoms with Crippen LogP contribution in [0.3, 0.4) is 0 Å². The molecule has 0 fully saturated rings. The fourth-order valence-electron chi connectivity index (χ4n) is 3.50. The summed E-state index contributed by atoms with van der Waals surface area (Å²) in [6.45, 7) is 2.45. The number of rotatable bonds is 4.